The molecule has 180 valence electrons. The van der Waals surface area contributed by atoms with Gasteiger partial charge in [0, 0.05) is 0 Å². The summed E-state index contributed by atoms with van der Waals surface area (Å²) in [5.74, 6) is -2.66. The molecule has 1 saturated heterocycles. The summed E-state index contributed by atoms with van der Waals surface area (Å²) in [5, 5.41) is 39.0. The van der Waals surface area contributed by atoms with Gasteiger partial charge in [0.1, 0.15) is 24.4 Å². The normalized spacial score (nSPS) is 37.0. The Balaban J connectivity index is 2.34. The minimum atomic E-state index is -5.24. The lowest BCUT2D eigenvalue weighted by molar-refractivity contribution is -0.301. The zero-order valence-electron chi connectivity index (χ0n) is 15.1. The zero-order chi connectivity index (χ0) is 23.7. The first kappa shape index (κ1) is 25.8. The van der Waals surface area contributed by atoms with Gasteiger partial charge in [0.2, 0.25) is 12.0 Å². The van der Waals surface area contributed by atoms with Gasteiger partial charge in [-0.1, -0.05) is 0 Å². The summed E-state index contributed by atoms with van der Waals surface area (Å²) in [5.41, 5.74) is 5.52. The summed E-state index contributed by atoms with van der Waals surface area (Å²) in [4.78, 5) is 11.2. The van der Waals surface area contributed by atoms with E-state index in [1.54, 1.807) is 0 Å². The predicted molar refractivity (Wildman–Crippen MR) is 90.3 cm³/mol. The number of hydrogen-bond donors (Lipinski definition) is 7. The Morgan fingerprint density at radius 3 is 2.23 bits per heavy atom. The summed E-state index contributed by atoms with van der Waals surface area (Å²) in [6.07, 6.45) is -13.1. The minimum Gasteiger partial charge on any atom is -0.475 e. The van der Waals surface area contributed by atoms with Crippen LogP contribution >= 0.6 is 0 Å². The smallest absolute Gasteiger partial charge is 0.397 e. The quantitative estimate of drug-likeness (QED) is 0.155. The number of hydrogen-bond acceptors (Lipinski definition) is 14. The van der Waals surface area contributed by atoms with Crippen LogP contribution in [0.4, 0.5) is 0 Å². The van der Waals surface area contributed by atoms with Crippen LogP contribution in [0, 0.1) is 0 Å². The van der Waals surface area contributed by atoms with Crippen molar-refractivity contribution in [2.45, 2.75) is 49.1 Å². The molecule has 2 aliphatic rings. The average molecular weight is 497 g/mol. The topological polar surface area (TPSA) is 279 Å². The third kappa shape index (κ3) is 7.00. The number of aliphatic carboxylic acids is 1. The largest absolute Gasteiger partial charge is 0.475 e. The van der Waals surface area contributed by atoms with Gasteiger partial charge in [-0.25, -0.2) is 13.2 Å². The van der Waals surface area contributed by atoms with Crippen LogP contribution in [0.2, 0.25) is 0 Å². The number of rotatable bonds is 8. The van der Waals surface area contributed by atoms with Crippen molar-refractivity contribution in [3.63, 3.8) is 0 Å². The Bertz CT molecular complexity index is 902. The van der Waals surface area contributed by atoms with Crippen molar-refractivity contribution in [3.8, 4) is 0 Å². The second-order valence-electron chi connectivity index (χ2n) is 6.25. The van der Waals surface area contributed by atoms with Crippen molar-refractivity contribution < 1.29 is 73.7 Å². The van der Waals surface area contributed by atoms with Crippen LogP contribution in [-0.4, -0.2) is 108 Å². The Kier molecular flexibility index (Phi) is 7.95. The first-order valence-corrected chi connectivity index (χ1v) is 10.8. The zero-order valence-corrected chi connectivity index (χ0v) is 16.7. The van der Waals surface area contributed by atoms with E-state index in [1.165, 1.54) is 0 Å². The number of aliphatic hydroxyl groups excluding tert-OH is 3. The number of nitrogens with two attached hydrogens (primary N) is 1. The molecule has 2 aliphatic heterocycles. The number of carboxylic acid groups (broad SMARTS) is 1. The molecule has 0 bridgehead atoms. The fourth-order valence-electron chi connectivity index (χ4n) is 2.68. The lowest BCUT2D eigenvalue weighted by Gasteiger charge is -2.43. The maximum Gasteiger partial charge on any atom is 0.397 e. The molecule has 8 unspecified atom stereocenters. The first-order chi connectivity index (χ1) is 14.1. The maximum absolute atomic E-state index is 11.2. The fourth-order valence-corrected chi connectivity index (χ4v) is 3.47. The molecule has 0 radical (unpaired) electrons. The van der Waals surface area contributed by atoms with Crippen LogP contribution in [0.3, 0.4) is 0 Å². The monoisotopic (exact) mass is 497 g/mol. The Labute approximate surface area is 174 Å². The van der Waals surface area contributed by atoms with Gasteiger partial charge in [-0.3, -0.25) is 9.11 Å². The lowest BCUT2D eigenvalue weighted by atomic mass is 9.97. The molecule has 0 saturated carbocycles. The van der Waals surface area contributed by atoms with Crippen molar-refractivity contribution in [2.24, 2.45) is 5.73 Å². The summed E-state index contributed by atoms with van der Waals surface area (Å²) in [6, 6.07) is -1.57. The van der Waals surface area contributed by atoms with Crippen LogP contribution < -0.4 is 5.73 Å². The van der Waals surface area contributed by atoms with Crippen molar-refractivity contribution >= 4 is 26.8 Å². The molecular weight excluding hydrogens is 478 g/mol. The lowest BCUT2D eigenvalue weighted by Crippen LogP contribution is -2.64. The van der Waals surface area contributed by atoms with E-state index >= 15 is 0 Å². The van der Waals surface area contributed by atoms with Crippen LogP contribution in [0.25, 0.3) is 0 Å². The molecule has 1 fully saturated rings. The van der Waals surface area contributed by atoms with E-state index in [0.717, 1.165) is 0 Å². The summed E-state index contributed by atoms with van der Waals surface area (Å²) < 4.78 is 84.7. The van der Waals surface area contributed by atoms with Gasteiger partial charge >= 0.3 is 26.8 Å². The highest BCUT2D eigenvalue weighted by atomic mass is 32.3. The molecule has 17 nitrogen and oxygen atoms in total. The molecule has 0 aromatic rings. The Hall–Kier alpha value is -1.49. The molecule has 0 spiro atoms. The molecule has 31 heavy (non-hydrogen) atoms. The molecule has 8 atom stereocenters. The Morgan fingerprint density at radius 1 is 1.10 bits per heavy atom. The molecule has 0 aromatic heterocycles. The van der Waals surface area contributed by atoms with Gasteiger partial charge < -0.3 is 40.4 Å². The Morgan fingerprint density at radius 2 is 1.71 bits per heavy atom. The van der Waals surface area contributed by atoms with Crippen LogP contribution in [0.1, 0.15) is 0 Å². The molecule has 0 aromatic carbocycles. The molecule has 2 heterocycles. The molecule has 8 N–H and O–H groups in total. The fraction of sp³-hybridized carbons (Fsp3) is 0.750. The van der Waals surface area contributed by atoms with Gasteiger partial charge in [-0.05, 0) is 6.08 Å². The van der Waals surface area contributed by atoms with E-state index in [0.29, 0.717) is 6.08 Å². The predicted octanol–water partition coefficient (Wildman–Crippen LogP) is -4.53. The molecular formula is C12H19NO16S2. The molecule has 19 heteroatoms. The minimum absolute atomic E-state index is 0.528. The van der Waals surface area contributed by atoms with Gasteiger partial charge in [0.15, 0.2) is 12.4 Å². The van der Waals surface area contributed by atoms with Gasteiger partial charge in [-0.2, -0.15) is 16.8 Å². The highest BCUT2D eigenvalue weighted by Crippen LogP contribution is 2.29. The van der Waals surface area contributed by atoms with E-state index in [4.69, 9.17) is 34.2 Å². The van der Waals surface area contributed by atoms with E-state index in [-0.39, 0.29) is 0 Å². The van der Waals surface area contributed by atoms with Crippen molar-refractivity contribution in [1.29, 1.82) is 0 Å². The standard InChI is InChI=1S/C12H19NO16S2/c13-6-7(15)9(5(26-11(6)18)2-25-30(19,20)21)28-12-8(29-31(22,23)24)3(14)1-4(27-12)10(16)17/h1,3,5-9,11-12,14-15,18H,2,13H2,(H,16,17)(H,19,20,21)(H,22,23,24). The number of ether oxygens (including phenoxy) is 3. The highest BCUT2D eigenvalue weighted by Gasteiger charge is 2.49. The maximum atomic E-state index is 11.2. The summed E-state index contributed by atoms with van der Waals surface area (Å²) in [7, 11) is -10.3. The van der Waals surface area contributed by atoms with E-state index in [1.807, 2.05) is 0 Å². The van der Waals surface area contributed by atoms with E-state index < -0.39 is 88.3 Å². The summed E-state index contributed by atoms with van der Waals surface area (Å²) >= 11 is 0. The second-order valence-corrected chi connectivity index (χ2v) is 8.39. The van der Waals surface area contributed by atoms with Gasteiger partial charge in [0.05, 0.1) is 12.6 Å². The van der Waals surface area contributed by atoms with Crippen molar-refractivity contribution in [3.05, 3.63) is 11.8 Å². The molecule has 0 aliphatic carbocycles. The second kappa shape index (κ2) is 9.56. The third-order valence-corrected chi connectivity index (χ3v) is 4.93. The number of carbonyl (C=O) groups is 1. The highest BCUT2D eigenvalue weighted by molar-refractivity contribution is 7.81. The summed E-state index contributed by atoms with van der Waals surface area (Å²) in [6.45, 7) is -1.06. The van der Waals surface area contributed by atoms with E-state index in [2.05, 4.69) is 8.37 Å². The molecule has 0 amide bonds. The number of aliphatic hydroxyl groups is 3. The SMILES string of the molecule is NC1C(O)OC(COS(=O)(=O)O)C(OC2OC(C(=O)O)=CC(O)C2OS(=O)(=O)O)C1O. The van der Waals surface area contributed by atoms with Crippen molar-refractivity contribution in [1.82, 2.24) is 0 Å². The third-order valence-electron chi connectivity index (χ3n) is 4.03. The first-order valence-electron chi connectivity index (χ1n) is 8.09. The molecule has 2 rings (SSSR count). The van der Waals surface area contributed by atoms with Crippen LogP contribution in [0.15, 0.2) is 11.8 Å². The average Bonchev–Trinajstić information content (AvgIpc) is 2.61. The van der Waals surface area contributed by atoms with Gasteiger partial charge in [-0.15, -0.1) is 0 Å². The number of carboxylic acids is 1. The van der Waals surface area contributed by atoms with Gasteiger partial charge in [0.25, 0.3) is 0 Å². The van der Waals surface area contributed by atoms with Crippen molar-refractivity contribution in [2.75, 3.05) is 6.61 Å². The van der Waals surface area contributed by atoms with E-state index in [9.17, 15) is 36.9 Å². The van der Waals surface area contributed by atoms with Crippen LogP contribution in [-0.2, 0) is 48.2 Å². The van der Waals surface area contributed by atoms with Crippen LogP contribution in [0.5, 0.6) is 0 Å².